The van der Waals surface area contributed by atoms with Crippen LogP contribution < -0.4 is 5.32 Å². The molecule has 4 unspecified atom stereocenters. The molecule has 18 heavy (non-hydrogen) atoms. The summed E-state index contributed by atoms with van der Waals surface area (Å²) in [6.45, 7) is 6.43. The van der Waals surface area contributed by atoms with Gasteiger partial charge in [-0.3, -0.25) is 9.11 Å². The molecule has 0 aromatic heterocycles. The van der Waals surface area contributed by atoms with Gasteiger partial charge in [0, 0.05) is 47.0 Å². The molecular weight excluding hydrogens is 244 g/mol. The highest BCUT2D eigenvalue weighted by Crippen LogP contribution is 2.34. The van der Waals surface area contributed by atoms with Crippen LogP contribution in [0, 0.1) is 0 Å². The summed E-state index contributed by atoms with van der Waals surface area (Å²) in [5.74, 6) is 0. The molecule has 0 amide bonds. The first-order valence-electron chi connectivity index (χ1n) is 7.43. The highest BCUT2D eigenvalue weighted by molar-refractivity contribution is 7.84. The zero-order chi connectivity index (χ0) is 13.1. The van der Waals surface area contributed by atoms with E-state index in [4.69, 9.17) is 0 Å². The topological polar surface area (TPSA) is 32.3 Å². The Balaban J connectivity index is 1.97. The van der Waals surface area contributed by atoms with Crippen molar-refractivity contribution < 1.29 is 4.21 Å². The number of nitrogens with zero attached hydrogens (tertiary/aromatic N) is 1. The number of fused-ring (bicyclic) bond motifs is 2. The summed E-state index contributed by atoms with van der Waals surface area (Å²) in [4.78, 5) is 2.67. The van der Waals surface area contributed by atoms with Gasteiger partial charge in [-0.1, -0.05) is 13.3 Å². The third-order valence-electron chi connectivity index (χ3n) is 4.65. The predicted octanol–water partition coefficient (Wildman–Crippen LogP) is 1.75. The first-order chi connectivity index (χ1) is 8.61. The normalized spacial score (nSPS) is 36.3. The second-order valence-corrected chi connectivity index (χ2v) is 7.77. The molecule has 2 aliphatic rings. The lowest BCUT2D eigenvalue weighted by atomic mass is 9.81. The monoisotopic (exact) mass is 272 g/mol. The molecule has 4 atom stereocenters. The molecule has 2 rings (SSSR count). The zero-order valence-electron chi connectivity index (χ0n) is 12.0. The van der Waals surface area contributed by atoms with Crippen molar-refractivity contribution in [1.82, 2.24) is 10.2 Å². The fraction of sp³-hybridized carbons (Fsp3) is 1.00. The Labute approximate surface area is 114 Å². The van der Waals surface area contributed by atoms with E-state index in [1.54, 1.807) is 0 Å². The van der Waals surface area contributed by atoms with Crippen LogP contribution in [-0.2, 0) is 10.8 Å². The van der Waals surface area contributed by atoms with Crippen molar-refractivity contribution in [2.24, 2.45) is 0 Å². The van der Waals surface area contributed by atoms with E-state index in [1.807, 2.05) is 6.26 Å². The van der Waals surface area contributed by atoms with Crippen molar-refractivity contribution in [1.29, 1.82) is 0 Å². The maximum absolute atomic E-state index is 11.6. The Kier molecular flexibility index (Phi) is 5.22. The molecule has 0 aliphatic carbocycles. The number of piperidine rings is 2. The number of rotatable bonds is 5. The summed E-state index contributed by atoms with van der Waals surface area (Å²) in [5.41, 5.74) is 0. The SMILES string of the molecule is CCNC1CC2CCCC(C1)N2CC(C)S(C)=O. The molecule has 2 fully saturated rings. The third kappa shape index (κ3) is 3.34. The van der Waals surface area contributed by atoms with E-state index in [0.29, 0.717) is 11.3 Å². The van der Waals surface area contributed by atoms with Gasteiger partial charge in [-0.05, 0) is 39.2 Å². The molecule has 2 saturated heterocycles. The van der Waals surface area contributed by atoms with Crippen molar-refractivity contribution in [3.63, 3.8) is 0 Å². The first kappa shape index (κ1) is 14.5. The standard InChI is InChI=1S/C14H28N2OS/c1-4-15-12-8-13-6-5-7-14(9-12)16(13)10-11(2)18(3)17/h11-15H,4-10H2,1-3H3. The average Bonchev–Trinajstić information content (AvgIpc) is 2.30. The number of nitrogens with one attached hydrogen (secondary N) is 1. The molecule has 0 spiro atoms. The smallest absolute Gasteiger partial charge is 0.0444 e. The van der Waals surface area contributed by atoms with E-state index in [0.717, 1.165) is 25.2 Å². The van der Waals surface area contributed by atoms with Crippen LogP contribution in [0.2, 0.25) is 0 Å². The third-order valence-corrected chi connectivity index (χ3v) is 5.94. The Hall–Kier alpha value is 0.0700. The van der Waals surface area contributed by atoms with Crippen LogP contribution in [0.5, 0.6) is 0 Å². The van der Waals surface area contributed by atoms with Crippen LogP contribution in [0.1, 0.15) is 46.0 Å². The van der Waals surface area contributed by atoms with Gasteiger partial charge in [-0.25, -0.2) is 0 Å². The van der Waals surface area contributed by atoms with Gasteiger partial charge >= 0.3 is 0 Å². The van der Waals surface area contributed by atoms with E-state index in [1.165, 1.54) is 32.1 Å². The average molecular weight is 272 g/mol. The lowest BCUT2D eigenvalue weighted by Crippen LogP contribution is -2.57. The van der Waals surface area contributed by atoms with Gasteiger partial charge in [0.2, 0.25) is 0 Å². The van der Waals surface area contributed by atoms with Gasteiger partial charge in [-0.15, -0.1) is 0 Å². The van der Waals surface area contributed by atoms with Crippen molar-refractivity contribution in [3.8, 4) is 0 Å². The molecule has 0 radical (unpaired) electrons. The quantitative estimate of drug-likeness (QED) is 0.827. The Morgan fingerprint density at radius 2 is 1.94 bits per heavy atom. The molecule has 0 aromatic carbocycles. The van der Waals surface area contributed by atoms with E-state index in [2.05, 4.69) is 24.1 Å². The van der Waals surface area contributed by atoms with Gasteiger partial charge in [0.05, 0.1) is 0 Å². The molecular formula is C14H28N2OS. The zero-order valence-corrected chi connectivity index (χ0v) is 12.8. The van der Waals surface area contributed by atoms with Crippen LogP contribution in [-0.4, -0.2) is 51.8 Å². The van der Waals surface area contributed by atoms with Crippen LogP contribution in [0.15, 0.2) is 0 Å². The Morgan fingerprint density at radius 3 is 2.44 bits per heavy atom. The summed E-state index contributed by atoms with van der Waals surface area (Å²) in [6, 6.07) is 2.17. The molecule has 1 N–H and O–H groups in total. The van der Waals surface area contributed by atoms with Crippen LogP contribution in [0.3, 0.4) is 0 Å². The molecule has 3 nitrogen and oxygen atoms in total. The lowest BCUT2D eigenvalue weighted by Gasteiger charge is -2.49. The second kappa shape index (κ2) is 6.49. The minimum Gasteiger partial charge on any atom is -0.314 e. The minimum absolute atomic E-state index is 0.309. The molecule has 0 aromatic rings. The van der Waals surface area contributed by atoms with Gasteiger partial charge in [0.1, 0.15) is 0 Å². The summed E-state index contributed by atoms with van der Waals surface area (Å²) in [6.07, 6.45) is 8.46. The summed E-state index contributed by atoms with van der Waals surface area (Å²) in [5, 5.41) is 3.93. The summed E-state index contributed by atoms with van der Waals surface area (Å²) < 4.78 is 11.6. The second-order valence-electron chi connectivity index (χ2n) is 5.97. The highest BCUT2D eigenvalue weighted by atomic mass is 32.2. The molecule has 0 saturated carbocycles. The van der Waals surface area contributed by atoms with Gasteiger partial charge in [0.25, 0.3) is 0 Å². The number of hydrogen-bond acceptors (Lipinski definition) is 3. The van der Waals surface area contributed by atoms with Gasteiger partial charge in [-0.2, -0.15) is 0 Å². The molecule has 2 aliphatic heterocycles. The largest absolute Gasteiger partial charge is 0.314 e. The van der Waals surface area contributed by atoms with Crippen LogP contribution in [0.25, 0.3) is 0 Å². The number of hydrogen-bond donors (Lipinski definition) is 1. The van der Waals surface area contributed by atoms with Crippen LogP contribution >= 0.6 is 0 Å². The van der Waals surface area contributed by atoms with Crippen molar-refractivity contribution in [3.05, 3.63) is 0 Å². The summed E-state index contributed by atoms with van der Waals surface area (Å²) in [7, 11) is -0.689. The predicted molar refractivity (Wildman–Crippen MR) is 78.4 cm³/mol. The maximum atomic E-state index is 11.6. The maximum Gasteiger partial charge on any atom is 0.0444 e. The minimum atomic E-state index is -0.689. The summed E-state index contributed by atoms with van der Waals surface area (Å²) >= 11 is 0. The van der Waals surface area contributed by atoms with Crippen molar-refractivity contribution >= 4 is 10.8 Å². The van der Waals surface area contributed by atoms with E-state index < -0.39 is 10.8 Å². The van der Waals surface area contributed by atoms with Gasteiger partial charge in [0.15, 0.2) is 0 Å². The highest BCUT2D eigenvalue weighted by Gasteiger charge is 2.38. The molecule has 2 bridgehead atoms. The van der Waals surface area contributed by atoms with Crippen LogP contribution in [0.4, 0.5) is 0 Å². The van der Waals surface area contributed by atoms with E-state index >= 15 is 0 Å². The Morgan fingerprint density at radius 1 is 1.33 bits per heavy atom. The van der Waals surface area contributed by atoms with E-state index in [9.17, 15) is 4.21 Å². The molecule has 4 heteroatoms. The van der Waals surface area contributed by atoms with Gasteiger partial charge < -0.3 is 5.32 Å². The van der Waals surface area contributed by atoms with Crippen molar-refractivity contribution in [2.45, 2.75) is 69.3 Å². The lowest BCUT2D eigenvalue weighted by molar-refractivity contribution is 0.0261. The fourth-order valence-electron chi connectivity index (χ4n) is 3.63. The van der Waals surface area contributed by atoms with E-state index in [-0.39, 0.29) is 0 Å². The fourth-order valence-corrected chi connectivity index (χ4v) is 4.02. The van der Waals surface area contributed by atoms with Crippen molar-refractivity contribution in [2.75, 3.05) is 19.3 Å². The molecule has 106 valence electrons. The Bertz CT molecular complexity index is 284. The molecule has 2 heterocycles. The first-order valence-corrected chi connectivity index (χ1v) is 9.05.